The third kappa shape index (κ3) is 3.38. The van der Waals surface area contributed by atoms with Crippen LogP contribution in [0.2, 0.25) is 0 Å². The van der Waals surface area contributed by atoms with Gasteiger partial charge in [-0.25, -0.2) is 0 Å². The number of aliphatic carboxylic acids is 1. The molecule has 1 N–H and O–H groups in total. The Bertz CT molecular complexity index is 388. The molecule has 0 bridgehead atoms. The summed E-state index contributed by atoms with van der Waals surface area (Å²) >= 11 is 2.16. The summed E-state index contributed by atoms with van der Waals surface area (Å²) in [6.45, 7) is 0. The van der Waals surface area contributed by atoms with Crippen LogP contribution in [0.15, 0.2) is 24.3 Å². The molecule has 0 saturated heterocycles. The van der Waals surface area contributed by atoms with E-state index in [0.29, 0.717) is 0 Å². The maximum absolute atomic E-state index is 10.5. The molecule has 1 rings (SSSR count). The minimum atomic E-state index is -0.825. The molecular formula is C11H9IO2. The predicted octanol–water partition coefficient (Wildman–Crippen LogP) is 2.10. The van der Waals surface area contributed by atoms with Gasteiger partial charge in [0.05, 0.1) is 10.8 Å². The van der Waals surface area contributed by atoms with Crippen molar-refractivity contribution in [2.24, 2.45) is 0 Å². The summed E-state index contributed by atoms with van der Waals surface area (Å²) < 4.78 is 0.749. The topological polar surface area (TPSA) is 37.3 Å². The Morgan fingerprint density at radius 1 is 1.43 bits per heavy atom. The van der Waals surface area contributed by atoms with E-state index in [9.17, 15) is 4.79 Å². The van der Waals surface area contributed by atoms with Crippen LogP contribution in [0.4, 0.5) is 0 Å². The molecule has 0 unspecified atom stereocenters. The number of rotatable bonds is 2. The molecule has 1 aromatic rings. The Balaban J connectivity index is 2.96. The van der Waals surface area contributed by atoms with E-state index in [1.54, 1.807) is 6.07 Å². The second-order valence-electron chi connectivity index (χ2n) is 2.66. The van der Waals surface area contributed by atoms with Crippen molar-refractivity contribution in [2.75, 3.05) is 4.43 Å². The minimum absolute atomic E-state index is 0.0338. The first kappa shape index (κ1) is 11.1. The highest BCUT2D eigenvalue weighted by Gasteiger charge is 2.03. The van der Waals surface area contributed by atoms with Gasteiger partial charge in [0.2, 0.25) is 0 Å². The fourth-order valence-electron chi connectivity index (χ4n) is 1.09. The van der Waals surface area contributed by atoms with Crippen LogP contribution in [-0.4, -0.2) is 15.5 Å². The molecule has 0 spiro atoms. The Morgan fingerprint density at radius 3 is 2.79 bits per heavy atom. The maximum Gasteiger partial charge on any atom is 0.307 e. The zero-order valence-electron chi connectivity index (χ0n) is 7.46. The number of halogens is 1. The number of carboxylic acids is 1. The molecule has 0 fully saturated rings. The quantitative estimate of drug-likeness (QED) is 0.516. The number of hydrogen-bond acceptors (Lipinski definition) is 1. The summed E-state index contributed by atoms with van der Waals surface area (Å²) in [6, 6.07) is 7.33. The lowest BCUT2D eigenvalue weighted by Crippen LogP contribution is -2.01. The highest BCUT2D eigenvalue weighted by atomic mass is 127. The Hall–Kier alpha value is -1.02. The van der Waals surface area contributed by atoms with Crippen LogP contribution in [0.1, 0.15) is 11.1 Å². The second kappa shape index (κ2) is 5.66. The SMILES string of the molecule is O=C(O)Cc1ccccc1C#CCI. The Kier molecular flexibility index (Phi) is 4.47. The van der Waals surface area contributed by atoms with Crippen LogP contribution >= 0.6 is 22.6 Å². The van der Waals surface area contributed by atoms with Gasteiger partial charge in [-0.3, -0.25) is 4.79 Å². The minimum Gasteiger partial charge on any atom is -0.481 e. The largest absolute Gasteiger partial charge is 0.481 e. The molecular weight excluding hydrogens is 291 g/mol. The highest BCUT2D eigenvalue weighted by Crippen LogP contribution is 2.08. The van der Waals surface area contributed by atoms with E-state index in [1.165, 1.54) is 0 Å². The molecule has 0 aliphatic rings. The van der Waals surface area contributed by atoms with E-state index in [2.05, 4.69) is 34.4 Å². The fourth-order valence-corrected chi connectivity index (χ4v) is 1.28. The van der Waals surface area contributed by atoms with Crippen molar-refractivity contribution in [2.45, 2.75) is 6.42 Å². The van der Waals surface area contributed by atoms with Gasteiger partial charge in [-0.1, -0.05) is 52.6 Å². The van der Waals surface area contributed by atoms with Crippen molar-refractivity contribution in [3.05, 3.63) is 35.4 Å². The van der Waals surface area contributed by atoms with Crippen molar-refractivity contribution in [1.29, 1.82) is 0 Å². The van der Waals surface area contributed by atoms with Crippen LogP contribution in [0.5, 0.6) is 0 Å². The molecule has 0 saturated carbocycles. The lowest BCUT2D eigenvalue weighted by atomic mass is 10.1. The summed E-state index contributed by atoms with van der Waals surface area (Å²) in [7, 11) is 0. The summed E-state index contributed by atoms with van der Waals surface area (Å²) in [5, 5.41) is 8.67. The van der Waals surface area contributed by atoms with Crippen molar-refractivity contribution >= 4 is 28.6 Å². The molecule has 0 aromatic heterocycles. The standard InChI is InChI=1S/C11H9IO2/c12-7-3-6-9-4-1-2-5-10(9)8-11(13)14/h1-2,4-5H,7-8H2,(H,13,14). The summed E-state index contributed by atoms with van der Waals surface area (Å²) in [6.07, 6.45) is 0.0338. The van der Waals surface area contributed by atoms with Gasteiger partial charge in [-0.15, -0.1) is 0 Å². The maximum atomic E-state index is 10.5. The third-order valence-corrected chi connectivity index (χ3v) is 2.03. The molecule has 3 heteroatoms. The first-order valence-corrected chi connectivity index (χ1v) is 5.61. The van der Waals surface area contributed by atoms with E-state index in [1.807, 2.05) is 18.2 Å². The van der Waals surface area contributed by atoms with Crippen LogP contribution in [-0.2, 0) is 11.2 Å². The zero-order chi connectivity index (χ0) is 10.4. The van der Waals surface area contributed by atoms with Gasteiger partial charge in [-0.05, 0) is 11.6 Å². The molecule has 1 aromatic carbocycles. The lowest BCUT2D eigenvalue weighted by Gasteiger charge is -1.99. The molecule has 0 aliphatic carbocycles. The second-order valence-corrected chi connectivity index (χ2v) is 3.43. The first-order chi connectivity index (χ1) is 6.74. The van der Waals surface area contributed by atoms with Gasteiger partial charge in [-0.2, -0.15) is 0 Å². The van der Waals surface area contributed by atoms with Crippen LogP contribution in [0, 0.1) is 11.8 Å². The molecule has 0 heterocycles. The van der Waals surface area contributed by atoms with E-state index in [0.717, 1.165) is 15.6 Å². The molecule has 0 atom stereocenters. The van der Waals surface area contributed by atoms with Gasteiger partial charge in [0.1, 0.15) is 0 Å². The summed E-state index contributed by atoms with van der Waals surface area (Å²) in [5.41, 5.74) is 1.59. The van der Waals surface area contributed by atoms with Crippen LogP contribution < -0.4 is 0 Å². The number of alkyl halides is 1. The molecule has 0 amide bonds. The number of carboxylic acid groups (broad SMARTS) is 1. The number of benzene rings is 1. The number of carbonyl (C=O) groups is 1. The molecule has 0 radical (unpaired) electrons. The van der Waals surface area contributed by atoms with E-state index >= 15 is 0 Å². The van der Waals surface area contributed by atoms with E-state index in [4.69, 9.17) is 5.11 Å². The van der Waals surface area contributed by atoms with Gasteiger partial charge in [0.25, 0.3) is 0 Å². The average molecular weight is 300 g/mol. The van der Waals surface area contributed by atoms with Crippen molar-refractivity contribution in [3.63, 3.8) is 0 Å². The van der Waals surface area contributed by atoms with Crippen molar-refractivity contribution in [1.82, 2.24) is 0 Å². The van der Waals surface area contributed by atoms with Crippen molar-refractivity contribution < 1.29 is 9.90 Å². The van der Waals surface area contributed by atoms with Gasteiger partial charge in [0.15, 0.2) is 0 Å². The monoisotopic (exact) mass is 300 g/mol. The normalized spacial score (nSPS) is 8.93. The van der Waals surface area contributed by atoms with E-state index < -0.39 is 5.97 Å². The molecule has 72 valence electrons. The zero-order valence-corrected chi connectivity index (χ0v) is 9.61. The highest BCUT2D eigenvalue weighted by molar-refractivity contribution is 14.1. The Labute approximate surface area is 96.5 Å². The fraction of sp³-hybridized carbons (Fsp3) is 0.182. The molecule has 0 aliphatic heterocycles. The predicted molar refractivity (Wildman–Crippen MR) is 63.5 cm³/mol. The molecule has 14 heavy (non-hydrogen) atoms. The summed E-state index contributed by atoms with van der Waals surface area (Å²) in [5.74, 6) is 5.04. The summed E-state index contributed by atoms with van der Waals surface area (Å²) in [4.78, 5) is 10.5. The Morgan fingerprint density at radius 2 is 2.14 bits per heavy atom. The smallest absolute Gasteiger partial charge is 0.307 e. The molecule has 2 nitrogen and oxygen atoms in total. The number of hydrogen-bond donors (Lipinski definition) is 1. The van der Waals surface area contributed by atoms with Crippen LogP contribution in [0.3, 0.4) is 0 Å². The first-order valence-electron chi connectivity index (χ1n) is 4.08. The van der Waals surface area contributed by atoms with Gasteiger partial charge >= 0.3 is 5.97 Å². The van der Waals surface area contributed by atoms with E-state index in [-0.39, 0.29) is 6.42 Å². The van der Waals surface area contributed by atoms with Crippen molar-refractivity contribution in [3.8, 4) is 11.8 Å². The lowest BCUT2D eigenvalue weighted by molar-refractivity contribution is -0.136. The average Bonchev–Trinajstić information content (AvgIpc) is 2.16. The van der Waals surface area contributed by atoms with Gasteiger partial charge in [0, 0.05) is 5.56 Å². The third-order valence-electron chi connectivity index (χ3n) is 1.65. The van der Waals surface area contributed by atoms with Crippen LogP contribution in [0.25, 0.3) is 0 Å². The van der Waals surface area contributed by atoms with Gasteiger partial charge < -0.3 is 5.11 Å².